The lowest BCUT2D eigenvalue weighted by molar-refractivity contribution is 0.101. The third kappa shape index (κ3) is 5.73. The van der Waals surface area contributed by atoms with E-state index >= 15 is 0 Å². The Balaban J connectivity index is 1.92. The van der Waals surface area contributed by atoms with E-state index in [0.29, 0.717) is 51.9 Å². The number of hydrogen-bond donors (Lipinski definition) is 2. The molecule has 35 heavy (non-hydrogen) atoms. The predicted octanol–water partition coefficient (Wildman–Crippen LogP) is 4.95. The van der Waals surface area contributed by atoms with Crippen LogP contribution >= 0.6 is 0 Å². The topological polar surface area (TPSA) is 95.1 Å². The maximum absolute atomic E-state index is 13.2. The number of nitrogens with one attached hydrogen (secondary N) is 2. The maximum atomic E-state index is 13.2. The molecule has 182 valence electrons. The summed E-state index contributed by atoms with van der Waals surface area (Å²) in [5.74, 6) is 0.974. The van der Waals surface area contributed by atoms with Crippen molar-refractivity contribution in [3.63, 3.8) is 0 Å². The highest BCUT2D eigenvalue weighted by Gasteiger charge is 2.19. The zero-order valence-corrected chi connectivity index (χ0v) is 20.1. The van der Waals surface area contributed by atoms with Gasteiger partial charge in [0.1, 0.15) is 11.5 Å². The van der Waals surface area contributed by atoms with E-state index in [1.165, 1.54) is 21.3 Å². The summed E-state index contributed by atoms with van der Waals surface area (Å²) in [5.41, 5.74) is 2.38. The largest absolute Gasteiger partial charge is 0.494 e. The summed E-state index contributed by atoms with van der Waals surface area (Å²) in [6.45, 7) is 3.76. The molecule has 2 amide bonds. The van der Waals surface area contributed by atoms with E-state index in [-0.39, 0.29) is 5.91 Å². The average molecular weight is 477 g/mol. The lowest BCUT2D eigenvalue weighted by Gasteiger charge is -2.17. The number of hydrogen-bond acceptors (Lipinski definition) is 6. The van der Waals surface area contributed by atoms with Gasteiger partial charge in [0, 0.05) is 28.8 Å². The molecule has 2 N–H and O–H groups in total. The highest BCUT2D eigenvalue weighted by Crippen LogP contribution is 2.38. The SMILES string of the molecule is C=CCc1cc(C(=O)Nc2cc(OC)c(NC(=O)c3ccccc3)cc2OC)cc(OC)c1OC. The quantitative estimate of drug-likeness (QED) is 0.402. The van der Waals surface area contributed by atoms with Gasteiger partial charge in [-0.25, -0.2) is 0 Å². The first-order valence-electron chi connectivity index (χ1n) is 10.7. The van der Waals surface area contributed by atoms with Crippen molar-refractivity contribution in [1.82, 2.24) is 0 Å². The number of benzene rings is 3. The molecular weight excluding hydrogens is 448 g/mol. The van der Waals surface area contributed by atoms with E-state index in [2.05, 4.69) is 17.2 Å². The van der Waals surface area contributed by atoms with E-state index < -0.39 is 5.91 Å². The highest BCUT2D eigenvalue weighted by atomic mass is 16.5. The molecule has 0 radical (unpaired) electrons. The van der Waals surface area contributed by atoms with Crippen LogP contribution in [-0.4, -0.2) is 40.3 Å². The first kappa shape index (κ1) is 25.2. The Morgan fingerprint density at radius 2 is 1.29 bits per heavy atom. The minimum absolute atomic E-state index is 0.303. The first-order valence-corrected chi connectivity index (χ1v) is 10.7. The number of methoxy groups -OCH3 is 4. The molecule has 0 saturated heterocycles. The Kier molecular flexibility index (Phi) is 8.34. The fourth-order valence-electron chi connectivity index (χ4n) is 3.55. The van der Waals surface area contributed by atoms with Crippen molar-refractivity contribution < 1.29 is 28.5 Å². The number of anilines is 2. The lowest BCUT2D eigenvalue weighted by Crippen LogP contribution is -2.15. The van der Waals surface area contributed by atoms with Crippen LogP contribution in [0, 0.1) is 0 Å². The second-order valence-corrected chi connectivity index (χ2v) is 7.39. The molecule has 3 aromatic rings. The molecule has 0 heterocycles. The van der Waals surface area contributed by atoms with Crippen molar-refractivity contribution in [2.45, 2.75) is 6.42 Å². The van der Waals surface area contributed by atoms with Gasteiger partial charge in [-0.2, -0.15) is 0 Å². The molecule has 0 aliphatic carbocycles. The zero-order valence-electron chi connectivity index (χ0n) is 20.1. The van der Waals surface area contributed by atoms with E-state index in [1.54, 1.807) is 61.7 Å². The number of carbonyl (C=O) groups excluding carboxylic acids is 2. The average Bonchev–Trinajstić information content (AvgIpc) is 2.89. The van der Waals surface area contributed by atoms with Gasteiger partial charge in [0.2, 0.25) is 0 Å². The van der Waals surface area contributed by atoms with Gasteiger partial charge in [-0.3, -0.25) is 9.59 Å². The fourth-order valence-corrected chi connectivity index (χ4v) is 3.55. The number of carbonyl (C=O) groups is 2. The molecule has 0 aromatic heterocycles. The monoisotopic (exact) mass is 476 g/mol. The zero-order chi connectivity index (χ0) is 25.4. The van der Waals surface area contributed by atoms with Crippen LogP contribution in [0.3, 0.4) is 0 Å². The lowest BCUT2D eigenvalue weighted by atomic mass is 10.0. The number of ether oxygens (including phenoxy) is 4. The molecule has 0 spiro atoms. The summed E-state index contributed by atoms with van der Waals surface area (Å²) in [6.07, 6.45) is 2.21. The summed E-state index contributed by atoms with van der Waals surface area (Å²) < 4.78 is 21.8. The predicted molar refractivity (Wildman–Crippen MR) is 135 cm³/mol. The third-order valence-electron chi connectivity index (χ3n) is 5.24. The summed E-state index contributed by atoms with van der Waals surface area (Å²) in [7, 11) is 5.99. The summed E-state index contributed by atoms with van der Waals surface area (Å²) in [6, 6.07) is 15.3. The van der Waals surface area contributed by atoms with Gasteiger partial charge in [-0.05, 0) is 30.7 Å². The van der Waals surface area contributed by atoms with E-state index in [4.69, 9.17) is 18.9 Å². The summed E-state index contributed by atoms with van der Waals surface area (Å²) >= 11 is 0. The second kappa shape index (κ2) is 11.6. The first-order chi connectivity index (χ1) is 16.9. The van der Waals surface area contributed by atoms with Crippen LogP contribution < -0.4 is 29.6 Å². The number of allylic oxidation sites excluding steroid dienone is 1. The van der Waals surface area contributed by atoms with Crippen LogP contribution in [0.15, 0.2) is 67.3 Å². The third-order valence-corrected chi connectivity index (χ3v) is 5.24. The van der Waals surface area contributed by atoms with Crippen LogP contribution in [0.25, 0.3) is 0 Å². The standard InChI is InChI=1S/C27H28N2O6/c1-6-10-18-13-19(14-24(34-4)25(18)35-5)27(31)29-21-16-22(32-2)20(15-23(21)33-3)28-26(30)17-11-8-7-9-12-17/h6-9,11-16H,1,10H2,2-5H3,(H,28,30)(H,29,31). The Morgan fingerprint density at radius 3 is 1.77 bits per heavy atom. The molecule has 0 atom stereocenters. The van der Waals surface area contributed by atoms with Gasteiger partial charge < -0.3 is 29.6 Å². The van der Waals surface area contributed by atoms with Gasteiger partial charge in [-0.1, -0.05) is 24.3 Å². The molecule has 0 aliphatic rings. The van der Waals surface area contributed by atoms with Crippen molar-refractivity contribution in [2.24, 2.45) is 0 Å². The highest BCUT2D eigenvalue weighted by molar-refractivity contribution is 6.07. The number of rotatable bonds is 10. The molecule has 0 saturated carbocycles. The molecule has 0 aliphatic heterocycles. The fraction of sp³-hybridized carbons (Fsp3) is 0.185. The van der Waals surface area contributed by atoms with Gasteiger partial charge in [0.15, 0.2) is 11.5 Å². The Morgan fingerprint density at radius 1 is 0.743 bits per heavy atom. The van der Waals surface area contributed by atoms with Crippen molar-refractivity contribution >= 4 is 23.2 Å². The molecule has 0 fully saturated rings. The van der Waals surface area contributed by atoms with Crippen LogP contribution in [-0.2, 0) is 6.42 Å². The minimum Gasteiger partial charge on any atom is -0.494 e. The molecule has 0 bridgehead atoms. The van der Waals surface area contributed by atoms with Crippen LogP contribution in [0.1, 0.15) is 26.3 Å². The molecular formula is C27H28N2O6. The smallest absolute Gasteiger partial charge is 0.255 e. The maximum Gasteiger partial charge on any atom is 0.255 e. The van der Waals surface area contributed by atoms with Crippen molar-refractivity contribution in [1.29, 1.82) is 0 Å². The molecule has 0 unspecified atom stereocenters. The Bertz CT molecular complexity index is 1220. The van der Waals surface area contributed by atoms with Gasteiger partial charge >= 0.3 is 0 Å². The van der Waals surface area contributed by atoms with Crippen LogP contribution in [0.2, 0.25) is 0 Å². The molecule has 8 heteroatoms. The van der Waals surface area contributed by atoms with E-state index in [1.807, 2.05) is 6.07 Å². The van der Waals surface area contributed by atoms with Gasteiger partial charge in [0.05, 0.1) is 39.8 Å². The Hall–Kier alpha value is -4.46. The Labute approximate surface area is 204 Å². The van der Waals surface area contributed by atoms with Crippen molar-refractivity contribution in [3.05, 3.63) is 83.9 Å². The van der Waals surface area contributed by atoms with Crippen LogP contribution in [0.4, 0.5) is 11.4 Å². The van der Waals surface area contributed by atoms with Crippen molar-refractivity contribution in [3.8, 4) is 23.0 Å². The molecule has 8 nitrogen and oxygen atoms in total. The summed E-state index contributed by atoms with van der Waals surface area (Å²) in [4.78, 5) is 25.8. The molecule has 3 aromatic carbocycles. The van der Waals surface area contributed by atoms with Gasteiger partial charge in [0.25, 0.3) is 11.8 Å². The van der Waals surface area contributed by atoms with Crippen molar-refractivity contribution in [2.75, 3.05) is 39.1 Å². The van der Waals surface area contributed by atoms with E-state index in [0.717, 1.165) is 5.56 Å². The molecule has 3 rings (SSSR count). The van der Waals surface area contributed by atoms with Gasteiger partial charge in [-0.15, -0.1) is 6.58 Å². The van der Waals surface area contributed by atoms with E-state index in [9.17, 15) is 9.59 Å². The number of amides is 2. The normalized spacial score (nSPS) is 10.2. The second-order valence-electron chi connectivity index (χ2n) is 7.39. The summed E-state index contributed by atoms with van der Waals surface area (Å²) in [5, 5.41) is 5.66. The minimum atomic E-state index is -0.391. The van der Waals surface area contributed by atoms with Crippen LogP contribution in [0.5, 0.6) is 23.0 Å².